The van der Waals surface area contributed by atoms with Gasteiger partial charge in [0.1, 0.15) is 10.7 Å². The molecule has 0 amide bonds. The largest absolute Gasteiger partial charge is 0.271 e. The minimum atomic E-state index is -3.80. The van der Waals surface area contributed by atoms with E-state index in [1.54, 1.807) is 27.8 Å². The van der Waals surface area contributed by atoms with Crippen LogP contribution in [-0.4, -0.2) is 23.2 Å². The highest BCUT2D eigenvalue weighted by Crippen LogP contribution is 2.22. The first-order valence-corrected chi connectivity index (χ1v) is 7.85. The van der Waals surface area contributed by atoms with Crippen LogP contribution in [-0.2, 0) is 17.1 Å². The van der Waals surface area contributed by atoms with Crippen LogP contribution in [0.4, 0.5) is 4.39 Å². The van der Waals surface area contributed by atoms with Crippen LogP contribution in [0.1, 0.15) is 30.0 Å². The Balaban J connectivity index is 2.36. The number of aryl methyl sites for hydroxylation is 2. The van der Waals surface area contributed by atoms with Crippen molar-refractivity contribution in [3.63, 3.8) is 0 Å². The fraction of sp³-hybridized carbons (Fsp3) is 0.385. The third-order valence-electron chi connectivity index (χ3n) is 3.24. The second-order valence-corrected chi connectivity index (χ2v) is 6.49. The van der Waals surface area contributed by atoms with Gasteiger partial charge in [0.25, 0.3) is 0 Å². The molecule has 0 saturated carbocycles. The molecule has 114 valence electrons. The molecule has 2 rings (SSSR count). The third kappa shape index (κ3) is 2.96. The van der Waals surface area contributed by atoms with E-state index in [4.69, 9.17) is 0 Å². The zero-order chi connectivity index (χ0) is 15.8. The van der Waals surface area contributed by atoms with E-state index < -0.39 is 21.9 Å². The molecule has 2 aromatic heterocycles. The van der Waals surface area contributed by atoms with Crippen molar-refractivity contribution in [2.24, 2.45) is 7.05 Å². The second kappa shape index (κ2) is 5.53. The zero-order valence-electron chi connectivity index (χ0n) is 12.3. The molecule has 8 heteroatoms. The standard InChI is InChI=1S/C13H17FN4O2S/c1-8(12-11(14)6-5-7-15-12)17-21(19,20)13-9(2)16-18(4)10(13)3/h5-8,17H,1-4H3/t8-/m0/s1. The van der Waals surface area contributed by atoms with Gasteiger partial charge in [0, 0.05) is 13.2 Å². The molecule has 0 fully saturated rings. The summed E-state index contributed by atoms with van der Waals surface area (Å²) in [4.78, 5) is 4.00. The molecule has 0 radical (unpaired) electrons. The Hall–Kier alpha value is -1.80. The summed E-state index contributed by atoms with van der Waals surface area (Å²) in [5.41, 5.74) is 0.977. The summed E-state index contributed by atoms with van der Waals surface area (Å²) >= 11 is 0. The first kappa shape index (κ1) is 15.6. The SMILES string of the molecule is Cc1nn(C)c(C)c1S(=O)(=O)N[C@@H](C)c1ncccc1F. The van der Waals surface area contributed by atoms with Crippen molar-refractivity contribution in [3.05, 3.63) is 41.2 Å². The summed E-state index contributed by atoms with van der Waals surface area (Å²) in [5.74, 6) is -0.549. The number of nitrogens with one attached hydrogen (secondary N) is 1. The normalized spacial score (nSPS) is 13.4. The highest BCUT2D eigenvalue weighted by Gasteiger charge is 2.27. The summed E-state index contributed by atoms with van der Waals surface area (Å²) in [5, 5.41) is 4.08. The van der Waals surface area contributed by atoms with Gasteiger partial charge in [-0.05, 0) is 32.9 Å². The molecule has 0 unspecified atom stereocenters. The van der Waals surface area contributed by atoms with Gasteiger partial charge < -0.3 is 0 Å². The van der Waals surface area contributed by atoms with Crippen LogP contribution in [0.3, 0.4) is 0 Å². The van der Waals surface area contributed by atoms with Crippen molar-refractivity contribution in [1.82, 2.24) is 19.5 Å². The summed E-state index contributed by atoms with van der Waals surface area (Å²) in [6.07, 6.45) is 1.42. The molecule has 0 bridgehead atoms. The highest BCUT2D eigenvalue weighted by molar-refractivity contribution is 7.89. The lowest BCUT2D eigenvalue weighted by atomic mass is 10.2. The summed E-state index contributed by atoms with van der Waals surface area (Å²) in [7, 11) is -2.14. The van der Waals surface area contributed by atoms with E-state index in [2.05, 4.69) is 14.8 Å². The zero-order valence-corrected chi connectivity index (χ0v) is 13.1. The molecule has 0 aliphatic heterocycles. The van der Waals surface area contributed by atoms with E-state index >= 15 is 0 Å². The smallest absolute Gasteiger partial charge is 0.244 e. The molecule has 0 aromatic carbocycles. The maximum Gasteiger partial charge on any atom is 0.244 e. The second-order valence-electron chi connectivity index (χ2n) is 4.84. The molecular formula is C13H17FN4O2S. The van der Waals surface area contributed by atoms with Gasteiger partial charge in [-0.25, -0.2) is 17.5 Å². The van der Waals surface area contributed by atoms with Gasteiger partial charge in [-0.3, -0.25) is 9.67 Å². The summed E-state index contributed by atoms with van der Waals surface area (Å²) < 4.78 is 42.5. The fourth-order valence-electron chi connectivity index (χ4n) is 2.21. The van der Waals surface area contributed by atoms with Crippen LogP contribution < -0.4 is 4.72 Å². The topological polar surface area (TPSA) is 76.9 Å². The van der Waals surface area contributed by atoms with E-state index in [0.29, 0.717) is 11.4 Å². The minimum Gasteiger partial charge on any atom is -0.271 e. The lowest BCUT2D eigenvalue weighted by Crippen LogP contribution is -2.29. The molecule has 0 aliphatic rings. The van der Waals surface area contributed by atoms with Crippen molar-refractivity contribution < 1.29 is 12.8 Å². The average molecular weight is 312 g/mol. The number of halogens is 1. The molecule has 0 aliphatic carbocycles. The Kier molecular flexibility index (Phi) is 4.11. The Bertz CT molecular complexity index is 770. The quantitative estimate of drug-likeness (QED) is 0.930. The van der Waals surface area contributed by atoms with Crippen LogP contribution in [0.15, 0.2) is 23.2 Å². The monoisotopic (exact) mass is 312 g/mol. The van der Waals surface area contributed by atoms with Crippen LogP contribution in [0.25, 0.3) is 0 Å². The van der Waals surface area contributed by atoms with E-state index in [-0.39, 0.29) is 10.6 Å². The highest BCUT2D eigenvalue weighted by atomic mass is 32.2. The van der Waals surface area contributed by atoms with Crippen molar-refractivity contribution >= 4 is 10.0 Å². The molecule has 6 nitrogen and oxygen atoms in total. The van der Waals surface area contributed by atoms with Crippen molar-refractivity contribution in [3.8, 4) is 0 Å². The predicted molar refractivity (Wildman–Crippen MR) is 75.6 cm³/mol. The molecular weight excluding hydrogens is 295 g/mol. The average Bonchev–Trinajstić information content (AvgIpc) is 2.63. The van der Waals surface area contributed by atoms with Gasteiger partial charge in [-0.15, -0.1) is 0 Å². The molecule has 2 aromatic rings. The van der Waals surface area contributed by atoms with Gasteiger partial charge >= 0.3 is 0 Å². The van der Waals surface area contributed by atoms with E-state index in [0.717, 1.165) is 0 Å². The van der Waals surface area contributed by atoms with Crippen molar-refractivity contribution in [1.29, 1.82) is 0 Å². The van der Waals surface area contributed by atoms with E-state index in [9.17, 15) is 12.8 Å². The molecule has 2 heterocycles. The van der Waals surface area contributed by atoms with Gasteiger partial charge in [-0.2, -0.15) is 5.10 Å². The fourth-order valence-corrected chi connectivity index (χ4v) is 3.85. The van der Waals surface area contributed by atoms with Gasteiger partial charge in [0.2, 0.25) is 10.0 Å². The van der Waals surface area contributed by atoms with E-state index in [1.165, 1.54) is 23.0 Å². The third-order valence-corrected chi connectivity index (χ3v) is 5.03. The number of pyridine rings is 1. The van der Waals surface area contributed by atoms with Gasteiger partial charge in [0.15, 0.2) is 0 Å². The van der Waals surface area contributed by atoms with Gasteiger partial charge in [0.05, 0.1) is 23.1 Å². The Morgan fingerprint density at radius 3 is 2.57 bits per heavy atom. The number of rotatable bonds is 4. The Morgan fingerprint density at radius 1 is 1.38 bits per heavy atom. The van der Waals surface area contributed by atoms with Crippen molar-refractivity contribution in [2.75, 3.05) is 0 Å². The number of nitrogens with zero attached hydrogens (tertiary/aromatic N) is 3. The summed E-state index contributed by atoms with van der Waals surface area (Å²) in [6.45, 7) is 4.83. The Morgan fingerprint density at radius 2 is 2.05 bits per heavy atom. The van der Waals surface area contributed by atoms with Crippen LogP contribution >= 0.6 is 0 Å². The number of hydrogen-bond donors (Lipinski definition) is 1. The minimum absolute atomic E-state index is 0.0558. The molecule has 1 atom stereocenters. The lowest BCUT2D eigenvalue weighted by molar-refractivity contribution is 0.539. The number of hydrogen-bond acceptors (Lipinski definition) is 4. The molecule has 1 N–H and O–H groups in total. The molecule has 0 saturated heterocycles. The van der Waals surface area contributed by atoms with Crippen LogP contribution in [0, 0.1) is 19.7 Å². The van der Waals surface area contributed by atoms with E-state index in [1.807, 2.05) is 0 Å². The van der Waals surface area contributed by atoms with Crippen LogP contribution in [0.5, 0.6) is 0 Å². The summed E-state index contributed by atoms with van der Waals surface area (Å²) in [6, 6.07) is 1.92. The maximum atomic E-state index is 13.7. The molecule has 21 heavy (non-hydrogen) atoms. The number of sulfonamides is 1. The predicted octanol–water partition coefficient (Wildman–Crippen LogP) is 1.61. The first-order valence-electron chi connectivity index (χ1n) is 6.37. The maximum absolute atomic E-state index is 13.7. The van der Waals surface area contributed by atoms with Gasteiger partial charge in [-0.1, -0.05) is 0 Å². The van der Waals surface area contributed by atoms with Crippen LogP contribution in [0.2, 0.25) is 0 Å². The van der Waals surface area contributed by atoms with Crippen molar-refractivity contribution in [2.45, 2.75) is 31.7 Å². The lowest BCUT2D eigenvalue weighted by Gasteiger charge is -2.14. The first-order chi connectivity index (χ1) is 9.74. The Labute approximate surface area is 123 Å². The number of aromatic nitrogens is 3. The molecule has 0 spiro atoms.